The molecule has 1 N–H and O–H groups in total. The van der Waals surface area contributed by atoms with E-state index in [-0.39, 0.29) is 5.76 Å². The smallest absolute Gasteiger partial charge is 0.371 e. The third-order valence-corrected chi connectivity index (χ3v) is 3.61. The van der Waals surface area contributed by atoms with Crippen molar-refractivity contribution < 1.29 is 19.4 Å². The van der Waals surface area contributed by atoms with Crippen LogP contribution in [0.25, 0.3) is 6.08 Å². The van der Waals surface area contributed by atoms with E-state index in [1.165, 1.54) is 11.6 Å². The van der Waals surface area contributed by atoms with Gasteiger partial charge in [-0.15, -0.1) is 0 Å². The number of aryl methyl sites for hydroxylation is 1. The van der Waals surface area contributed by atoms with E-state index < -0.39 is 5.97 Å². The van der Waals surface area contributed by atoms with Crippen LogP contribution < -0.4 is 4.74 Å². The Morgan fingerprint density at radius 2 is 1.92 bits per heavy atom. The van der Waals surface area contributed by atoms with Crippen LogP contribution >= 0.6 is 0 Å². The summed E-state index contributed by atoms with van der Waals surface area (Å²) in [4.78, 5) is 15.5. The van der Waals surface area contributed by atoms with Crippen molar-refractivity contribution in [2.24, 2.45) is 0 Å². The van der Waals surface area contributed by atoms with Crippen LogP contribution in [0.5, 0.6) is 5.75 Å². The molecule has 1 heterocycles. The highest BCUT2D eigenvalue weighted by atomic mass is 16.5. The van der Waals surface area contributed by atoms with Gasteiger partial charge in [0.25, 0.3) is 0 Å². The maximum absolute atomic E-state index is 11.1. The maximum atomic E-state index is 11.1. The van der Waals surface area contributed by atoms with E-state index in [0.29, 0.717) is 13.2 Å². The van der Waals surface area contributed by atoms with Crippen LogP contribution in [0.15, 0.2) is 48.4 Å². The Morgan fingerprint density at radius 1 is 1.16 bits per heavy atom. The van der Waals surface area contributed by atoms with Gasteiger partial charge in [0.15, 0.2) is 0 Å². The Morgan fingerprint density at radius 3 is 2.48 bits per heavy atom. The van der Waals surface area contributed by atoms with E-state index in [9.17, 15) is 4.79 Å². The van der Waals surface area contributed by atoms with Crippen LogP contribution in [-0.4, -0.2) is 29.3 Å². The van der Waals surface area contributed by atoms with Crippen molar-refractivity contribution >= 4 is 12.0 Å². The Labute approximate surface area is 147 Å². The SMILES string of the molecule is CCO/C(=C\c1ccc(OCCc2ccc(CC)cn2)cc1)C(=O)O. The molecule has 0 saturated carbocycles. The third-order valence-electron chi connectivity index (χ3n) is 3.61. The van der Waals surface area contributed by atoms with Crippen LogP contribution in [-0.2, 0) is 22.4 Å². The first kappa shape index (κ1) is 18.5. The van der Waals surface area contributed by atoms with Gasteiger partial charge >= 0.3 is 5.97 Å². The number of carboxylic acid groups (broad SMARTS) is 1. The fourth-order valence-corrected chi connectivity index (χ4v) is 2.22. The minimum absolute atomic E-state index is 0.0715. The summed E-state index contributed by atoms with van der Waals surface area (Å²) in [5.74, 6) is -0.419. The summed E-state index contributed by atoms with van der Waals surface area (Å²) >= 11 is 0. The summed E-state index contributed by atoms with van der Waals surface area (Å²) in [5, 5.41) is 9.05. The van der Waals surface area contributed by atoms with Crippen LogP contribution in [0.1, 0.15) is 30.7 Å². The molecule has 5 heteroatoms. The Balaban J connectivity index is 1.89. The van der Waals surface area contributed by atoms with Gasteiger partial charge in [0, 0.05) is 18.3 Å². The maximum Gasteiger partial charge on any atom is 0.371 e. The number of benzene rings is 1. The van der Waals surface area contributed by atoms with E-state index in [2.05, 4.69) is 18.0 Å². The van der Waals surface area contributed by atoms with E-state index in [1.807, 2.05) is 24.4 Å². The zero-order valence-electron chi connectivity index (χ0n) is 14.6. The number of aromatic nitrogens is 1. The zero-order valence-corrected chi connectivity index (χ0v) is 14.6. The highest BCUT2D eigenvalue weighted by Crippen LogP contribution is 2.15. The van der Waals surface area contributed by atoms with Gasteiger partial charge in [-0.2, -0.15) is 0 Å². The molecule has 5 nitrogen and oxygen atoms in total. The van der Waals surface area contributed by atoms with Crippen LogP contribution in [0, 0.1) is 0 Å². The quantitative estimate of drug-likeness (QED) is 0.556. The summed E-state index contributed by atoms with van der Waals surface area (Å²) in [6, 6.07) is 11.3. The minimum atomic E-state index is -1.08. The first-order valence-corrected chi connectivity index (χ1v) is 8.36. The molecular formula is C20H23NO4. The van der Waals surface area contributed by atoms with Crippen molar-refractivity contribution in [3.63, 3.8) is 0 Å². The number of hydrogen-bond donors (Lipinski definition) is 1. The predicted molar refractivity (Wildman–Crippen MR) is 96.5 cm³/mol. The highest BCUT2D eigenvalue weighted by molar-refractivity contribution is 5.89. The van der Waals surface area contributed by atoms with Crippen molar-refractivity contribution in [3.05, 3.63) is 65.2 Å². The van der Waals surface area contributed by atoms with E-state index in [1.54, 1.807) is 19.1 Å². The zero-order chi connectivity index (χ0) is 18.1. The van der Waals surface area contributed by atoms with E-state index in [0.717, 1.165) is 29.8 Å². The van der Waals surface area contributed by atoms with Gasteiger partial charge in [-0.1, -0.05) is 25.1 Å². The lowest BCUT2D eigenvalue weighted by atomic mass is 10.2. The average Bonchev–Trinajstić information content (AvgIpc) is 2.63. The summed E-state index contributed by atoms with van der Waals surface area (Å²) in [7, 11) is 0. The number of carbonyl (C=O) groups is 1. The molecule has 0 amide bonds. The van der Waals surface area contributed by atoms with Crippen molar-refractivity contribution in [2.75, 3.05) is 13.2 Å². The summed E-state index contributed by atoms with van der Waals surface area (Å²) in [6.45, 7) is 4.70. The summed E-state index contributed by atoms with van der Waals surface area (Å²) in [5.41, 5.74) is 2.97. The Bertz CT molecular complexity index is 705. The lowest BCUT2D eigenvalue weighted by Crippen LogP contribution is -2.04. The molecule has 2 rings (SSSR count). The fraction of sp³-hybridized carbons (Fsp3) is 0.300. The normalized spacial score (nSPS) is 11.2. The lowest BCUT2D eigenvalue weighted by Gasteiger charge is -2.07. The van der Waals surface area contributed by atoms with E-state index >= 15 is 0 Å². The average molecular weight is 341 g/mol. The van der Waals surface area contributed by atoms with Crippen molar-refractivity contribution in [2.45, 2.75) is 26.7 Å². The molecule has 1 aromatic carbocycles. The van der Waals surface area contributed by atoms with Gasteiger partial charge in [0.1, 0.15) is 5.75 Å². The van der Waals surface area contributed by atoms with Gasteiger partial charge in [0.05, 0.1) is 13.2 Å². The summed E-state index contributed by atoms with van der Waals surface area (Å²) < 4.78 is 10.8. The van der Waals surface area contributed by atoms with Gasteiger partial charge in [-0.25, -0.2) is 4.79 Å². The number of ether oxygens (including phenoxy) is 2. The van der Waals surface area contributed by atoms with Gasteiger partial charge in [-0.3, -0.25) is 4.98 Å². The molecule has 0 unspecified atom stereocenters. The lowest BCUT2D eigenvalue weighted by molar-refractivity contribution is -0.136. The second kappa shape index (κ2) is 9.47. The highest BCUT2D eigenvalue weighted by Gasteiger charge is 2.07. The van der Waals surface area contributed by atoms with E-state index in [4.69, 9.17) is 14.6 Å². The number of pyridine rings is 1. The molecule has 0 saturated heterocycles. The topological polar surface area (TPSA) is 68.7 Å². The first-order chi connectivity index (χ1) is 12.1. The largest absolute Gasteiger partial charge is 0.493 e. The predicted octanol–water partition coefficient (Wildman–Crippen LogP) is 3.73. The molecule has 2 aromatic rings. The van der Waals surface area contributed by atoms with Crippen LogP contribution in [0.3, 0.4) is 0 Å². The molecule has 1 aromatic heterocycles. The van der Waals surface area contributed by atoms with Gasteiger partial charge < -0.3 is 14.6 Å². The minimum Gasteiger partial charge on any atom is -0.493 e. The number of hydrogen-bond acceptors (Lipinski definition) is 4. The molecule has 0 aliphatic carbocycles. The number of aliphatic carboxylic acids is 1. The van der Waals surface area contributed by atoms with Crippen LogP contribution in [0.2, 0.25) is 0 Å². The third kappa shape index (κ3) is 5.95. The second-order valence-corrected chi connectivity index (χ2v) is 5.43. The van der Waals surface area contributed by atoms with Gasteiger partial charge in [0.2, 0.25) is 5.76 Å². The van der Waals surface area contributed by atoms with Crippen molar-refractivity contribution in [3.8, 4) is 5.75 Å². The Kier molecular flexibility index (Phi) is 7.01. The van der Waals surface area contributed by atoms with Crippen molar-refractivity contribution in [1.29, 1.82) is 0 Å². The summed E-state index contributed by atoms with van der Waals surface area (Å²) in [6.07, 6.45) is 5.11. The Hall–Kier alpha value is -2.82. The molecule has 0 atom stereocenters. The molecular weight excluding hydrogens is 318 g/mol. The monoisotopic (exact) mass is 341 g/mol. The first-order valence-electron chi connectivity index (χ1n) is 8.36. The molecule has 0 bridgehead atoms. The molecule has 0 aliphatic heterocycles. The number of carboxylic acids is 1. The molecule has 0 fully saturated rings. The number of rotatable bonds is 9. The second-order valence-electron chi connectivity index (χ2n) is 5.43. The molecule has 132 valence electrons. The van der Waals surface area contributed by atoms with Gasteiger partial charge in [-0.05, 0) is 48.7 Å². The molecule has 0 radical (unpaired) electrons. The molecule has 0 aliphatic rings. The standard InChI is InChI=1S/C20H23NO4/c1-3-15-5-8-17(21-14-15)11-12-25-18-9-6-16(7-10-18)13-19(20(22)23)24-4-2/h5-10,13-14H,3-4,11-12H2,1-2H3,(H,22,23)/b19-13-. The molecule has 25 heavy (non-hydrogen) atoms. The fourth-order valence-electron chi connectivity index (χ4n) is 2.22. The number of nitrogens with zero attached hydrogens (tertiary/aromatic N) is 1. The van der Waals surface area contributed by atoms with Crippen molar-refractivity contribution in [1.82, 2.24) is 4.98 Å². The van der Waals surface area contributed by atoms with Crippen LogP contribution in [0.4, 0.5) is 0 Å². The molecule has 0 spiro atoms.